The Labute approximate surface area is 135 Å². The van der Waals surface area contributed by atoms with E-state index in [-0.39, 0.29) is 16.3 Å². The number of anilines is 1. The SMILES string of the molecule is O=C(Nc1cccc2cnccc12)c1ccc(Cl)c([N+](=O)[O-])c1. The van der Waals surface area contributed by atoms with Gasteiger partial charge in [-0.2, -0.15) is 0 Å². The average molecular weight is 328 g/mol. The Balaban J connectivity index is 1.95. The molecule has 0 aliphatic rings. The van der Waals surface area contributed by atoms with Gasteiger partial charge >= 0.3 is 0 Å². The number of aromatic nitrogens is 1. The van der Waals surface area contributed by atoms with Crippen LogP contribution >= 0.6 is 11.6 Å². The van der Waals surface area contributed by atoms with Gasteiger partial charge in [0.2, 0.25) is 0 Å². The zero-order chi connectivity index (χ0) is 16.4. The third-order valence-corrected chi connectivity index (χ3v) is 3.65. The van der Waals surface area contributed by atoms with E-state index >= 15 is 0 Å². The summed E-state index contributed by atoms with van der Waals surface area (Å²) in [5.74, 6) is -0.450. The molecule has 6 nitrogen and oxygen atoms in total. The van der Waals surface area contributed by atoms with E-state index < -0.39 is 10.8 Å². The van der Waals surface area contributed by atoms with Crippen LogP contribution in [0.25, 0.3) is 10.8 Å². The average Bonchev–Trinajstić information content (AvgIpc) is 2.55. The molecule has 0 aliphatic carbocycles. The second kappa shape index (κ2) is 6.02. The third kappa shape index (κ3) is 2.97. The van der Waals surface area contributed by atoms with Gasteiger partial charge < -0.3 is 5.32 Å². The number of carbonyl (C=O) groups excluding carboxylic acids is 1. The van der Waals surface area contributed by atoms with Crippen molar-refractivity contribution in [3.63, 3.8) is 0 Å². The predicted molar refractivity (Wildman–Crippen MR) is 87.8 cm³/mol. The highest BCUT2D eigenvalue weighted by atomic mass is 35.5. The predicted octanol–water partition coefficient (Wildman–Crippen LogP) is 4.05. The quantitative estimate of drug-likeness (QED) is 0.581. The number of carbonyl (C=O) groups is 1. The minimum absolute atomic E-state index is 0.0113. The molecule has 0 saturated carbocycles. The number of fused-ring (bicyclic) bond motifs is 1. The Hall–Kier alpha value is -2.99. The second-order valence-corrected chi connectivity index (χ2v) is 5.19. The first-order valence-corrected chi connectivity index (χ1v) is 7.02. The van der Waals surface area contributed by atoms with Crippen LogP contribution in [-0.2, 0) is 0 Å². The van der Waals surface area contributed by atoms with Crippen molar-refractivity contribution in [2.45, 2.75) is 0 Å². The number of nitrogens with one attached hydrogen (secondary N) is 1. The van der Waals surface area contributed by atoms with E-state index in [4.69, 9.17) is 11.6 Å². The minimum Gasteiger partial charge on any atom is -0.321 e. The zero-order valence-electron chi connectivity index (χ0n) is 11.7. The normalized spacial score (nSPS) is 10.5. The number of hydrogen-bond acceptors (Lipinski definition) is 4. The van der Waals surface area contributed by atoms with Gasteiger partial charge in [0.25, 0.3) is 11.6 Å². The number of nitro groups is 1. The van der Waals surface area contributed by atoms with Crippen LogP contribution in [0, 0.1) is 10.1 Å². The van der Waals surface area contributed by atoms with Crippen molar-refractivity contribution < 1.29 is 9.72 Å². The van der Waals surface area contributed by atoms with Crippen molar-refractivity contribution in [2.24, 2.45) is 0 Å². The smallest absolute Gasteiger partial charge is 0.288 e. The lowest BCUT2D eigenvalue weighted by atomic mass is 10.1. The largest absolute Gasteiger partial charge is 0.321 e. The number of amides is 1. The van der Waals surface area contributed by atoms with Gasteiger partial charge in [0.1, 0.15) is 5.02 Å². The molecule has 114 valence electrons. The first kappa shape index (κ1) is 14.9. The first-order chi connectivity index (χ1) is 11.1. The van der Waals surface area contributed by atoms with Crippen molar-refractivity contribution >= 4 is 39.7 Å². The number of halogens is 1. The van der Waals surface area contributed by atoms with Crippen molar-refractivity contribution in [3.05, 3.63) is 75.6 Å². The molecule has 1 N–H and O–H groups in total. The molecule has 0 unspecified atom stereocenters. The summed E-state index contributed by atoms with van der Waals surface area (Å²) in [6, 6.07) is 11.2. The number of hydrogen-bond donors (Lipinski definition) is 1. The van der Waals surface area contributed by atoms with Crippen LogP contribution < -0.4 is 5.32 Å². The molecule has 0 bridgehead atoms. The van der Waals surface area contributed by atoms with E-state index in [1.807, 2.05) is 6.07 Å². The Kier molecular flexibility index (Phi) is 3.91. The van der Waals surface area contributed by atoms with Crippen LogP contribution in [0.3, 0.4) is 0 Å². The number of nitrogens with zero attached hydrogens (tertiary/aromatic N) is 2. The van der Waals surface area contributed by atoms with E-state index in [1.54, 1.807) is 30.6 Å². The number of nitro benzene ring substituents is 1. The summed E-state index contributed by atoms with van der Waals surface area (Å²) in [6.45, 7) is 0. The molecule has 0 saturated heterocycles. The molecule has 23 heavy (non-hydrogen) atoms. The summed E-state index contributed by atoms with van der Waals surface area (Å²) in [5.41, 5.74) is 0.459. The first-order valence-electron chi connectivity index (χ1n) is 6.64. The van der Waals surface area contributed by atoms with E-state index in [1.165, 1.54) is 12.1 Å². The molecule has 2 aromatic carbocycles. The van der Waals surface area contributed by atoms with Gasteiger partial charge in [0.15, 0.2) is 0 Å². The number of rotatable bonds is 3. The Bertz CT molecular complexity index is 922. The maximum absolute atomic E-state index is 12.4. The lowest BCUT2D eigenvalue weighted by Gasteiger charge is -2.08. The molecule has 0 fully saturated rings. The van der Waals surface area contributed by atoms with Gasteiger partial charge in [0, 0.05) is 40.5 Å². The fourth-order valence-electron chi connectivity index (χ4n) is 2.22. The summed E-state index contributed by atoms with van der Waals surface area (Å²) < 4.78 is 0. The minimum atomic E-state index is -0.622. The van der Waals surface area contributed by atoms with Crippen molar-refractivity contribution in [1.29, 1.82) is 0 Å². The molecule has 0 atom stereocenters. The molecule has 1 heterocycles. The molecule has 0 radical (unpaired) electrons. The summed E-state index contributed by atoms with van der Waals surface area (Å²) in [7, 11) is 0. The van der Waals surface area contributed by atoms with Crippen LogP contribution in [-0.4, -0.2) is 15.8 Å². The second-order valence-electron chi connectivity index (χ2n) is 4.78. The third-order valence-electron chi connectivity index (χ3n) is 3.33. The number of benzene rings is 2. The van der Waals surface area contributed by atoms with Gasteiger partial charge in [-0.05, 0) is 24.3 Å². The van der Waals surface area contributed by atoms with Crippen molar-refractivity contribution in [3.8, 4) is 0 Å². The van der Waals surface area contributed by atoms with E-state index in [0.717, 1.165) is 16.8 Å². The summed E-state index contributed by atoms with van der Waals surface area (Å²) >= 11 is 5.75. The van der Waals surface area contributed by atoms with Gasteiger partial charge in [-0.15, -0.1) is 0 Å². The van der Waals surface area contributed by atoms with E-state index in [9.17, 15) is 14.9 Å². The lowest BCUT2D eigenvalue weighted by molar-refractivity contribution is -0.384. The highest BCUT2D eigenvalue weighted by Crippen LogP contribution is 2.27. The molecular formula is C16H10ClN3O3. The highest BCUT2D eigenvalue weighted by molar-refractivity contribution is 6.32. The highest BCUT2D eigenvalue weighted by Gasteiger charge is 2.16. The fraction of sp³-hybridized carbons (Fsp3) is 0. The van der Waals surface area contributed by atoms with Crippen LogP contribution in [0.2, 0.25) is 5.02 Å². The lowest BCUT2D eigenvalue weighted by Crippen LogP contribution is -2.12. The van der Waals surface area contributed by atoms with Crippen LogP contribution in [0.1, 0.15) is 10.4 Å². The zero-order valence-corrected chi connectivity index (χ0v) is 12.4. The fourth-order valence-corrected chi connectivity index (χ4v) is 2.41. The molecule has 3 rings (SSSR count). The number of pyridine rings is 1. The Morgan fingerprint density at radius 1 is 1.22 bits per heavy atom. The standard InChI is InChI=1S/C16H10ClN3O3/c17-13-5-4-10(8-15(13)20(22)23)16(21)19-14-3-1-2-11-9-18-7-6-12(11)14/h1-9H,(H,19,21). The molecule has 1 amide bonds. The molecule has 1 aromatic heterocycles. The van der Waals surface area contributed by atoms with Gasteiger partial charge in [-0.3, -0.25) is 19.9 Å². The maximum Gasteiger partial charge on any atom is 0.288 e. The molecule has 0 spiro atoms. The molecule has 7 heteroatoms. The maximum atomic E-state index is 12.4. The summed E-state index contributed by atoms with van der Waals surface area (Å²) in [5, 5.41) is 15.4. The van der Waals surface area contributed by atoms with Crippen LogP contribution in [0.15, 0.2) is 54.9 Å². The van der Waals surface area contributed by atoms with Crippen LogP contribution in [0.5, 0.6) is 0 Å². The van der Waals surface area contributed by atoms with Gasteiger partial charge in [-0.25, -0.2) is 0 Å². The Morgan fingerprint density at radius 3 is 2.83 bits per heavy atom. The van der Waals surface area contributed by atoms with Gasteiger partial charge in [-0.1, -0.05) is 23.7 Å². The summed E-state index contributed by atoms with van der Waals surface area (Å²) in [4.78, 5) is 26.7. The molecule has 0 aliphatic heterocycles. The molecule has 3 aromatic rings. The van der Waals surface area contributed by atoms with Crippen LogP contribution in [0.4, 0.5) is 11.4 Å². The Morgan fingerprint density at radius 2 is 2.04 bits per heavy atom. The van der Waals surface area contributed by atoms with Crippen molar-refractivity contribution in [1.82, 2.24) is 4.98 Å². The van der Waals surface area contributed by atoms with E-state index in [2.05, 4.69) is 10.3 Å². The summed E-state index contributed by atoms with van der Waals surface area (Å²) in [6.07, 6.45) is 3.32. The molecular weight excluding hydrogens is 318 g/mol. The van der Waals surface area contributed by atoms with Gasteiger partial charge in [0.05, 0.1) is 4.92 Å². The topological polar surface area (TPSA) is 85.1 Å². The van der Waals surface area contributed by atoms with Crippen molar-refractivity contribution in [2.75, 3.05) is 5.32 Å². The van der Waals surface area contributed by atoms with E-state index in [0.29, 0.717) is 5.69 Å². The monoisotopic (exact) mass is 327 g/mol.